The van der Waals surface area contributed by atoms with Gasteiger partial charge in [0.25, 0.3) is 5.78 Å². The first-order valence-electron chi connectivity index (χ1n) is 14.1. The lowest BCUT2D eigenvalue weighted by Crippen LogP contribution is -2.29. The topological polar surface area (TPSA) is 119 Å². The van der Waals surface area contributed by atoms with E-state index < -0.39 is 23.5 Å². The summed E-state index contributed by atoms with van der Waals surface area (Å²) in [4.78, 5) is 33.5. The molecule has 5 aromatic rings. The standard InChI is InChI=1S/C32H27Cl2N5O5S2/c1-5-44-22-11-9-18(13-23(22)43-4)26-24(27(40)25-17(3)38-12-6-7-16(2)29(38)35-25)28(41)30(42)39(26)31-36-37-32(46-31)45-15-19-8-10-20(33)14-21(19)34/h6-14,26,40H,5,15H2,1-4H3/b27-24+. The van der Waals surface area contributed by atoms with Crippen molar-refractivity contribution in [3.63, 3.8) is 0 Å². The van der Waals surface area contributed by atoms with Gasteiger partial charge in [-0.3, -0.25) is 14.5 Å². The summed E-state index contributed by atoms with van der Waals surface area (Å²) in [5.74, 6) is -0.747. The monoisotopic (exact) mass is 695 g/mol. The average molecular weight is 697 g/mol. The molecule has 10 nitrogen and oxygen atoms in total. The molecule has 14 heteroatoms. The van der Waals surface area contributed by atoms with Crippen molar-refractivity contribution in [3.05, 3.63) is 98.4 Å². The highest BCUT2D eigenvalue weighted by molar-refractivity contribution is 8.00. The van der Waals surface area contributed by atoms with Crippen molar-refractivity contribution in [2.24, 2.45) is 0 Å². The number of benzene rings is 2. The zero-order chi connectivity index (χ0) is 32.7. The van der Waals surface area contributed by atoms with Crippen LogP contribution in [0.3, 0.4) is 0 Å². The average Bonchev–Trinajstić information content (AvgIpc) is 3.72. The van der Waals surface area contributed by atoms with E-state index in [4.69, 9.17) is 32.7 Å². The Morgan fingerprint density at radius 1 is 1.09 bits per heavy atom. The molecular formula is C32H27Cl2N5O5S2. The number of aliphatic hydroxyl groups is 1. The number of Topliss-reactive ketones (excluding diaryl/α,β-unsaturated/α-hetero) is 1. The first-order chi connectivity index (χ1) is 22.1. The first-order valence-corrected chi connectivity index (χ1v) is 16.6. The highest BCUT2D eigenvalue weighted by Gasteiger charge is 2.49. The number of aryl methyl sites for hydroxylation is 2. The van der Waals surface area contributed by atoms with Crippen LogP contribution >= 0.6 is 46.3 Å². The summed E-state index contributed by atoms with van der Waals surface area (Å²) >= 11 is 14.9. The number of amides is 1. The number of aliphatic hydroxyl groups excluding tert-OH is 1. The Balaban J connectivity index is 1.46. The second kappa shape index (κ2) is 13.0. The second-order valence-electron chi connectivity index (χ2n) is 10.3. The van der Waals surface area contributed by atoms with Crippen molar-refractivity contribution < 1.29 is 24.2 Å². The third-order valence-electron chi connectivity index (χ3n) is 7.52. The lowest BCUT2D eigenvalue weighted by Gasteiger charge is -2.23. The minimum absolute atomic E-state index is 0.127. The lowest BCUT2D eigenvalue weighted by atomic mass is 9.96. The summed E-state index contributed by atoms with van der Waals surface area (Å²) in [7, 11) is 1.50. The molecule has 0 aliphatic carbocycles. The van der Waals surface area contributed by atoms with Crippen LogP contribution in [0.4, 0.5) is 5.13 Å². The zero-order valence-electron chi connectivity index (χ0n) is 25.1. The Morgan fingerprint density at radius 2 is 1.89 bits per heavy atom. The fraction of sp³-hybridized carbons (Fsp3) is 0.219. The minimum atomic E-state index is -1.06. The number of fused-ring (bicyclic) bond motifs is 1. The number of rotatable bonds is 9. The van der Waals surface area contributed by atoms with Crippen molar-refractivity contribution in [2.75, 3.05) is 18.6 Å². The number of methoxy groups -OCH3 is 1. The van der Waals surface area contributed by atoms with Crippen molar-refractivity contribution >= 4 is 74.5 Å². The third kappa shape index (κ3) is 5.70. The van der Waals surface area contributed by atoms with Gasteiger partial charge in [0.2, 0.25) is 5.13 Å². The van der Waals surface area contributed by atoms with Gasteiger partial charge < -0.3 is 19.0 Å². The number of ether oxygens (including phenoxy) is 2. The van der Waals surface area contributed by atoms with Crippen LogP contribution in [0.5, 0.6) is 11.5 Å². The minimum Gasteiger partial charge on any atom is -0.505 e. The van der Waals surface area contributed by atoms with Crippen molar-refractivity contribution in [1.82, 2.24) is 19.6 Å². The molecule has 1 aliphatic rings. The van der Waals surface area contributed by atoms with E-state index in [1.165, 1.54) is 23.8 Å². The van der Waals surface area contributed by atoms with Gasteiger partial charge in [-0.1, -0.05) is 64.5 Å². The summed E-state index contributed by atoms with van der Waals surface area (Å²) in [5, 5.41) is 21.6. The highest BCUT2D eigenvalue weighted by atomic mass is 35.5. The molecule has 1 amide bonds. The Labute approximate surface area is 282 Å². The molecule has 2 aromatic carbocycles. The van der Waals surface area contributed by atoms with E-state index in [1.54, 1.807) is 37.3 Å². The molecule has 46 heavy (non-hydrogen) atoms. The quantitative estimate of drug-likeness (QED) is 0.0552. The molecule has 1 atom stereocenters. The van der Waals surface area contributed by atoms with E-state index in [-0.39, 0.29) is 16.4 Å². The van der Waals surface area contributed by atoms with Gasteiger partial charge in [0, 0.05) is 22.0 Å². The zero-order valence-corrected chi connectivity index (χ0v) is 28.2. The predicted molar refractivity (Wildman–Crippen MR) is 180 cm³/mol. The second-order valence-corrected chi connectivity index (χ2v) is 13.3. The summed E-state index contributed by atoms with van der Waals surface area (Å²) in [6.45, 7) is 5.96. The maximum Gasteiger partial charge on any atom is 0.301 e. The Hall–Kier alpha value is -4.10. The molecule has 0 spiro atoms. The van der Waals surface area contributed by atoms with Gasteiger partial charge in [-0.25, -0.2) is 4.98 Å². The van der Waals surface area contributed by atoms with Crippen molar-refractivity contribution in [1.29, 1.82) is 0 Å². The maximum atomic E-state index is 13.8. The molecule has 0 saturated carbocycles. The van der Waals surface area contributed by atoms with Crippen LogP contribution < -0.4 is 14.4 Å². The number of halogens is 2. The van der Waals surface area contributed by atoms with E-state index in [0.29, 0.717) is 55.1 Å². The van der Waals surface area contributed by atoms with Gasteiger partial charge in [0.05, 0.1) is 31.0 Å². The molecule has 236 valence electrons. The molecule has 1 aliphatic heterocycles. The van der Waals surface area contributed by atoms with Gasteiger partial charge >= 0.3 is 5.91 Å². The van der Waals surface area contributed by atoms with Crippen LogP contribution in [-0.4, -0.2) is 50.1 Å². The number of carbonyl (C=O) groups excluding carboxylic acids is 2. The summed E-state index contributed by atoms with van der Waals surface area (Å²) in [5.41, 5.74) is 3.55. The van der Waals surface area contributed by atoms with Crippen LogP contribution in [-0.2, 0) is 15.3 Å². The van der Waals surface area contributed by atoms with E-state index >= 15 is 0 Å². The third-order valence-corrected chi connectivity index (χ3v) is 10.2. The van der Waals surface area contributed by atoms with E-state index in [1.807, 2.05) is 42.6 Å². The number of hydrogen-bond acceptors (Lipinski definition) is 10. The van der Waals surface area contributed by atoms with Gasteiger partial charge in [-0.2, -0.15) is 0 Å². The van der Waals surface area contributed by atoms with E-state index in [0.717, 1.165) is 22.5 Å². The maximum absolute atomic E-state index is 13.8. The highest BCUT2D eigenvalue weighted by Crippen LogP contribution is 2.46. The number of aromatic nitrogens is 4. The van der Waals surface area contributed by atoms with E-state index in [2.05, 4.69) is 15.2 Å². The molecule has 0 radical (unpaired) electrons. The van der Waals surface area contributed by atoms with Gasteiger partial charge in [-0.05, 0) is 67.8 Å². The van der Waals surface area contributed by atoms with E-state index in [9.17, 15) is 14.7 Å². The predicted octanol–water partition coefficient (Wildman–Crippen LogP) is 7.44. The lowest BCUT2D eigenvalue weighted by molar-refractivity contribution is -0.132. The van der Waals surface area contributed by atoms with Crippen LogP contribution in [0, 0.1) is 13.8 Å². The smallest absolute Gasteiger partial charge is 0.301 e. The molecule has 3 aromatic heterocycles. The van der Waals surface area contributed by atoms with Gasteiger partial charge in [0.1, 0.15) is 11.3 Å². The fourth-order valence-electron chi connectivity index (χ4n) is 5.28. The molecule has 0 bridgehead atoms. The normalized spacial score (nSPS) is 16.0. The SMILES string of the molecule is CCOc1ccc(C2/C(=C(\O)c3nc4c(C)cccn4c3C)C(=O)C(=O)N2c2nnc(SCc3ccc(Cl)cc3Cl)s2)cc1OC. The Kier molecular flexibility index (Phi) is 8.97. The Bertz CT molecular complexity index is 2040. The molecule has 1 unspecified atom stereocenters. The number of hydrogen-bond donors (Lipinski definition) is 1. The number of ketones is 1. The van der Waals surface area contributed by atoms with Gasteiger partial charge in [0.15, 0.2) is 21.6 Å². The summed E-state index contributed by atoms with van der Waals surface area (Å²) < 4.78 is 13.7. The first kappa shape index (κ1) is 31.9. The van der Waals surface area contributed by atoms with Gasteiger partial charge in [-0.15, -0.1) is 10.2 Å². The molecule has 4 heterocycles. The summed E-state index contributed by atoms with van der Waals surface area (Å²) in [6, 6.07) is 13.1. The van der Waals surface area contributed by atoms with Crippen molar-refractivity contribution in [2.45, 2.75) is 36.9 Å². The number of anilines is 1. The molecular weight excluding hydrogens is 669 g/mol. The molecule has 6 rings (SSSR count). The molecule has 1 fully saturated rings. The fourth-order valence-corrected chi connectivity index (χ4v) is 7.71. The Morgan fingerprint density at radius 3 is 2.61 bits per heavy atom. The summed E-state index contributed by atoms with van der Waals surface area (Å²) in [6.07, 6.45) is 1.83. The van der Waals surface area contributed by atoms with Crippen LogP contribution in [0.25, 0.3) is 11.4 Å². The number of nitrogens with zero attached hydrogens (tertiary/aromatic N) is 5. The largest absolute Gasteiger partial charge is 0.505 e. The number of imidazole rings is 1. The van der Waals surface area contributed by atoms with Crippen LogP contribution in [0.2, 0.25) is 10.0 Å². The molecule has 1 saturated heterocycles. The van der Waals surface area contributed by atoms with Crippen LogP contribution in [0.1, 0.15) is 41.0 Å². The number of thioether (sulfide) groups is 1. The van der Waals surface area contributed by atoms with Crippen molar-refractivity contribution in [3.8, 4) is 11.5 Å². The van der Waals surface area contributed by atoms with Crippen LogP contribution in [0.15, 0.2) is 64.6 Å². The molecule has 1 N–H and O–H groups in total. The number of carbonyl (C=O) groups is 2. The number of pyridine rings is 1.